The van der Waals surface area contributed by atoms with Gasteiger partial charge in [0.05, 0.1) is 5.69 Å². The Labute approximate surface area is 133 Å². The van der Waals surface area contributed by atoms with Gasteiger partial charge in [-0.05, 0) is 44.0 Å². The maximum absolute atomic E-state index is 12.4. The first kappa shape index (κ1) is 16.5. The summed E-state index contributed by atoms with van der Waals surface area (Å²) in [5.74, 6) is 0.0609. The Kier molecular flexibility index (Phi) is 6.41. The Morgan fingerprint density at radius 1 is 1.05 bits per heavy atom. The van der Waals surface area contributed by atoms with E-state index in [9.17, 15) is 4.79 Å². The predicted octanol–water partition coefficient (Wildman–Crippen LogP) is 3.91. The maximum Gasteiger partial charge on any atom is 0.209 e. The van der Waals surface area contributed by atoms with Crippen LogP contribution in [0.2, 0.25) is 0 Å². The molecule has 1 aromatic carbocycles. The number of benzene rings is 1. The standard InChI is InChI=1S/C19H26N2O/c1-3-11-21(12-4-2)13-10-16-14-18(20-15-16)19(22)17-8-6-5-7-9-17/h5-9,14-15,20H,3-4,10-13H2,1-2H3. The number of carbonyl (C=O) groups excluding carboxylic acids is 1. The second-order valence-corrected chi connectivity index (χ2v) is 5.71. The fourth-order valence-corrected chi connectivity index (χ4v) is 2.71. The Balaban J connectivity index is 1.95. The summed E-state index contributed by atoms with van der Waals surface area (Å²) < 4.78 is 0. The molecule has 0 bridgehead atoms. The molecule has 0 aliphatic rings. The van der Waals surface area contributed by atoms with Gasteiger partial charge in [-0.25, -0.2) is 0 Å². The summed E-state index contributed by atoms with van der Waals surface area (Å²) in [7, 11) is 0. The molecule has 1 heterocycles. The molecule has 118 valence electrons. The summed E-state index contributed by atoms with van der Waals surface area (Å²) in [6.45, 7) is 7.78. The molecule has 3 heteroatoms. The van der Waals surface area contributed by atoms with E-state index in [-0.39, 0.29) is 5.78 Å². The smallest absolute Gasteiger partial charge is 0.209 e. The molecule has 0 atom stereocenters. The van der Waals surface area contributed by atoms with Crippen LogP contribution in [0.3, 0.4) is 0 Å². The minimum Gasteiger partial charge on any atom is -0.358 e. The quantitative estimate of drug-likeness (QED) is 0.713. The fraction of sp³-hybridized carbons (Fsp3) is 0.421. The number of hydrogen-bond acceptors (Lipinski definition) is 2. The van der Waals surface area contributed by atoms with E-state index >= 15 is 0 Å². The van der Waals surface area contributed by atoms with Crippen molar-refractivity contribution < 1.29 is 4.79 Å². The van der Waals surface area contributed by atoms with E-state index in [1.54, 1.807) is 0 Å². The minimum absolute atomic E-state index is 0.0609. The van der Waals surface area contributed by atoms with Crippen LogP contribution in [-0.4, -0.2) is 35.3 Å². The highest BCUT2D eigenvalue weighted by atomic mass is 16.1. The van der Waals surface area contributed by atoms with Crippen molar-refractivity contribution in [3.63, 3.8) is 0 Å². The number of H-pyrrole nitrogens is 1. The molecule has 0 fully saturated rings. The van der Waals surface area contributed by atoms with Gasteiger partial charge < -0.3 is 9.88 Å². The van der Waals surface area contributed by atoms with Crippen molar-refractivity contribution in [3.05, 3.63) is 59.4 Å². The normalized spacial score (nSPS) is 11.0. The summed E-state index contributed by atoms with van der Waals surface area (Å²) in [5, 5.41) is 0. The van der Waals surface area contributed by atoms with Crippen molar-refractivity contribution in [2.75, 3.05) is 19.6 Å². The highest BCUT2D eigenvalue weighted by Gasteiger charge is 2.11. The first-order valence-corrected chi connectivity index (χ1v) is 8.24. The van der Waals surface area contributed by atoms with Crippen molar-refractivity contribution in [1.82, 2.24) is 9.88 Å². The second kappa shape index (κ2) is 8.54. The average molecular weight is 298 g/mol. The van der Waals surface area contributed by atoms with Crippen LogP contribution in [0.5, 0.6) is 0 Å². The first-order chi connectivity index (χ1) is 10.7. The molecule has 0 aliphatic carbocycles. The van der Waals surface area contributed by atoms with Gasteiger partial charge in [-0.3, -0.25) is 4.79 Å². The van der Waals surface area contributed by atoms with Gasteiger partial charge in [-0.2, -0.15) is 0 Å². The third kappa shape index (κ3) is 4.57. The molecule has 0 saturated heterocycles. The van der Waals surface area contributed by atoms with Gasteiger partial charge in [0, 0.05) is 18.3 Å². The third-order valence-electron chi connectivity index (χ3n) is 3.82. The molecule has 0 radical (unpaired) electrons. The summed E-state index contributed by atoms with van der Waals surface area (Å²) in [4.78, 5) is 18.0. The molecule has 2 aromatic rings. The molecule has 0 amide bonds. The largest absolute Gasteiger partial charge is 0.358 e. The number of aromatic nitrogens is 1. The molecule has 0 aliphatic heterocycles. The summed E-state index contributed by atoms with van der Waals surface area (Å²) in [6, 6.07) is 11.4. The summed E-state index contributed by atoms with van der Waals surface area (Å²) in [5.41, 5.74) is 2.62. The lowest BCUT2D eigenvalue weighted by Gasteiger charge is -2.20. The lowest BCUT2D eigenvalue weighted by molar-refractivity contribution is 0.103. The lowest BCUT2D eigenvalue weighted by atomic mass is 10.1. The van der Waals surface area contributed by atoms with Crippen molar-refractivity contribution >= 4 is 5.78 Å². The van der Waals surface area contributed by atoms with Gasteiger partial charge in [0.25, 0.3) is 0 Å². The van der Waals surface area contributed by atoms with Crippen LogP contribution in [0.4, 0.5) is 0 Å². The molecule has 2 rings (SSSR count). The molecule has 22 heavy (non-hydrogen) atoms. The number of hydrogen-bond donors (Lipinski definition) is 1. The van der Waals surface area contributed by atoms with E-state index in [0.29, 0.717) is 5.69 Å². The van der Waals surface area contributed by atoms with Gasteiger partial charge in [0.15, 0.2) is 0 Å². The highest BCUT2D eigenvalue weighted by Crippen LogP contribution is 2.11. The zero-order chi connectivity index (χ0) is 15.8. The SMILES string of the molecule is CCCN(CCC)CCc1c[nH]c(C(=O)c2ccccc2)c1. The second-order valence-electron chi connectivity index (χ2n) is 5.71. The van der Waals surface area contributed by atoms with Crippen LogP contribution in [0.15, 0.2) is 42.6 Å². The topological polar surface area (TPSA) is 36.1 Å². The molecule has 0 spiro atoms. The molecular weight excluding hydrogens is 272 g/mol. The average Bonchev–Trinajstić information content (AvgIpc) is 3.02. The van der Waals surface area contributed by atoms with Crippen LogP contribution < -0.4 is 0 Å². The number of rotatable bonds is 9. The first-order valence-electron chi connectivity index (χ1n) is 8.24. The minimum atomic E-state index is 0.0609. The molecular formula is C19H26N2O. The zero-order valence-electron chi connectivity index (χ0n) is 13.6. The van der Waals surface area contributed by atoms with Crippen LogP contribution >= 0.6 is 0 Å². The van der Waals surface area contributed by atoms with E-state index in [1.807, 2.05) is 42.6 Å². The Morgan fingerprint density at radius 2 is 1.73 bits per heavy atom. The van der Waals surface area contributed by atoms with Crippen LogP contribution in [0.25, 0.3) is 0 Å². The van der Waals surface area contributed by atoms with Crippen LogP contribution in [0, 0.1) is 0 Å². The van der Waals surface area contributed by atoms with Gasteiger partial charge in [0.1, 0.15) is 0 Å². The van der Waals surface area contributed by atoms with Gasteiger partial charge in [0.2, 0.25) is 5.78 Å². The monoisotopic (exact) mass is 298 g/mol. The number of nitrogens with zero attached hydrogens (tertiary/aromatic N) is 1. The summed E-state index contributed by atoms with van der Waals surface area (Å²) in [6.07, 6.45) is 5.32. The van der Waals surface area contributed by atoms with Crippen LogP contribution in [-0.2, 0) is 6.42 Å². The number of aromatic amines is 1. The van der Waals surface area contributed by atoms with E-state index < -0.39 is 0 Å². The fourth-order valence-electron chi connectivity index (χ4n) is 2.71. The summed E-state index contributed by atoms with van der Waals surface area (Å²) >= 11 is 0. The van der Waals surface area contributed by atoms with Crippen molar-refractivity contribution in [1.29, 1.82) is 0 Å². The molecule has 3 nitrogen and oxygen atoms in total. The highest BCUT2D eigenvalue weighted by molar-refractivity contribution is 6.07. The van der Waals surface area contributed by atoms with Crippen LogP contribution in [0.1, 0.15) is 48.3 Å². The number of nitrogens with one attached hydrogen (secondary N) is 1. The van der Waals surface area contributed by atoms with Gasteiger partial charge in [-0.15, -0.1) is 0 Å². The third-order valence-corrected chi connectivity index (χ3v) is 3.82. The Morgan fingerprint density at radius 3 is 2.36 bits per heavy atom. The van der Waals surface area contributed by atoms with E-state index in [4.69, 9.17) is 0 Å². The van der Waals surface area contributed by atoms with E-state index in [2.05, 4.69) is 23.7 Å². The maximum atomic E-state index is 12.4. The molecule has 0 saturated carbocycles. The van der Waals surface area contributed by atoms with Gasteiger partial charge >= 0.3 is 0 Å². The van der Waals surface area contributed by atoms with Gasteiger partial charge in [-0.1, -0.05) is 44.2 Å². The number of ketones is 1. The van der Waals surface area contributed by atoms with Crippen molar-refractivity contribution in [2.24, 2.45) is 0 Å². The number of carbonyl (C=O) groups is 1. The molecule has 1 N–H and O–H groups in total. The predicted molar refractivity (Wildman–Crippen MR) is 91.4 cm³/mol. The van der Waals surface area contributed by atoms with Crippen molar-refractivity contribution in [3.8, 4) is 0 Å². The molecule has 1 aromatic heterocycles. The Bertz CT molecular complexity index is 568. The van der Waals surface area contributed by atoms with Crippen molar-refractivity contribution in [2.45, 2.75) is 33.1 Å². The van der Waals surface area contributed by atoms with E-state index in [0.717, 1.165) is 31.6 Å². The van der Waals surface area contributed by atoms with E-state index in [1.165, 1.54) is 18.4 Å². The zero-order valence-corrected chi connectivity index (χ0v) is 13.6. The molecule has 0 unspecified atom stereocenters. The Hall–Kier alpha value is -1.87. The lowest BCUT2D eigenvalue weighted by Crippen LogP contribution is -2.27.